The Labute approximate surface area is 170 Å². The van der Waals surface area contributed by atoms with Crippen LogP contribution in [0.3, 0.4) is 0 Å². The smallest absolute Gasteiger partial charge is 0.258 e. The van der Waals surface area contributed by atoms with Gasteiger partial charge >= 0.3 is 0 Å². The van der Waals surface area contributed by atoms with Gasteiger partial charge in [0.1, 0.15) is 6.33 Å². The third kappa shape index (κ3) is 3.44. The van der Waals surface area contributed by atoms with Crippen molar-refractivity contribution >= 4 is 11.6 Å². The van der Waals surface area contributed by atoms with Gasteiger partial charge in [0.05, 0.1) is 11.8 Å². The number of aliphatic hydroxyl groups is 1. The van der Waals surface area contributed by atoms with Gasteiger partial charge in [0.2, 0.25) is 0 Å². The SMILES string of the molecule is Cc1ccc(-n2cnc(C(C)C)n2)cc1C(=O)N1CC(C)C(O)c2ccccc21. The third-order valence-corrected chi connectivity index (χ3v) is 5.54. The molecule has 0 bridgehead atoms. The van der Waals surface area contributed by atoms with Crippen LogP contribution < -0.4 is 4.90 Å². The highest BCUT2D eigenvalue weighted by atomic mass is 16.3. The normalized spacial score (nSPS) is 18.8. The summed E-state index contributed by atoms with van der Waals surface area (Å²) >= 11 is 0. The van der Waals surface area contributed by atoms with E-state index >= 15 is 0 Å². The second kappa shape index (κ2) is 7.44. The maximum Gasteiger partial charge on any atom is 0.258 e. The summed E-state index contributed by atoms with van der Waals surface area (Å²) in [5.41, 5.74) is 3.90. The highest BCUT2D eigenvalue weighted by Crippen LogP contribution is 2.37. The van der Waals surface area contributed by atoms with E-state index in [4.69, 9.17) is 0 Å². The zero-order valence-electron chi connectivity index (χ0n) is 17.2. The van der Waals surface area contributed by atoms with Crippen LogP contribution >= 0.6 is 0 Å². The zero-order valence-corrected chi connectivity index (χ0v) is 17.2. The van der Waals surface area contributed by atoms with Gasteiger partial charge in [-0.25, -0.2) is 9.67 Å². The molecule has 0 aliphatic carbocycles. The molecule has 1 N–H and O–H groups in total. The maximum atomic E-state index is 13.5. The number of aryl methyl sites for hydroxylation is 1. The first-order chi connectivity index (χ1) is 13.9. The predicted octanol–water partition coefficient (Wildman–Crippen LogP) is 4.03. The molecule has 0 saturated carbocycles. The Morgan fingerprint density at radius 1 is 1.21 bits per heavy atom. The lowest BCUT2D eigenvalue weighted by atomic mass is 9.90. The summed E-state index contributed by atoms with van der Waals surface area (Å²) in [5.74, 6) is 0.896. The molecule has 0 radical (unpaired) electrons. The summed E-state index contributed by atoms with van der Waals surface area (Å²) in [4.78, 5) is 19.7. The Hall–Kier alpha value is -2.99. The van der Waals surface area contributed by atoms with Crippen LogP contribution in [0.2, 0.25) is 0 Å². The number of nitrogens with zero attached hydrogens (tertiary/aromatic N) is 4. The number of hydrogen-bond donors (Lipinski definition) is 1. The molecule has 1 aliphatic rings. The number of rotatable bonds is 3. The van der Waals surface area contributed by atoms with E-state index < -0.39 is 6.10 Å². The van der Waals surface area contributed by atoms with Crippen LogP contribution in [0.1, 0.15) is 60.1 Å². The number of fused-ring (bicyclic) bond motifs is 1. The van der Waals surface area contributed by atoms with Gasteiger partial charge in [-0.2, -0.15) is 5.10 Å². The molecule has 0 saturated heterocycles. The van der Waals surface area contributed by atoms with Crippen LogP contribution in [0, 0.1) is 12.8 Å². The fourth-order valence-electron chi connectivity index (χ4n) is 3.76. The highest BCUT2D eigenvalue weighted by molar-refractivity contribution is 6.08. The molecule has 1 aromatic heterocycles. The first-order valence-corrected chi connectivity index (χ1v) is 9.98. The number of carbonyl (C=O) groups is 1. The molecule has 6 heteroatoms. The van der Waals surface area contributed by atoms with Crippen molar-refractivity contribution in [1.29, 1.82) is 0 Å². The minimum Gasteiger partial charge on any atom is -0.388 e. The van der Waals surface area contributed by atoms with Gasteiger partial charge in [-0.3, -0.25) is 4.79 Å². The van der Waals surface area contributed by atoms with Gasteiger partial charge in [-0.05, 0) is 30.7 Å². The lowest BCUT2D eigenvalue weighted by Crippen LogP contribution is -2.41. The van der Waals surface area contributed by atoms with Gasteiger partial charge in [0.25, 0.3) is 5.91 Å². The molecule has 2 unspecified atom stereocenters. The van der Waals surface area contributed by atoms with E-state index in [2.05, 4.69) is 10.1 Å². The van der Waals surface area contributed by atoms with E-state index in [1.807, 2.05) is 70.2 Å². The van der Waals surface area contributed by atoms with Gasteiger partial charge in [-0.1, -0.05) is 45.0 Å². The fraction of sp³-hybridized carbons (Fsp3) is 0.348. The molecular formula is C23H26N4O2. The number of para-hydroxylation sites is 1. The van der Waals surface area contributed by atoms with E-state index in [0.29, 0.717) is 12.1 Å². The van der Waals surface area contributed by atoms with Crippen molar-refractivity contribution in [2.24, 2.45) is 5.92 Å². The Bertz CT molecular complexity index is 1060. The zero-order chi connectivity index (χ0) is 20.7. The largest absolute Gasteiger partial charge is 0.388 e. The molecule has 2 aromatic carbocycles. The standard InChI is InChI=1S/C23H26N4O2/c1-14(2)22-24-13-27(25-22)17-10-9-15(3)19(11-17)23(29)26-12-16(4)21(28)18-7-5-6-8-20(18)26/h5-11,13-14,16,21,28H,12H2,1-4H3. The molecule has 2 heterocycles. The quantitative estimate of drug-likeness (QED) is 0.733. The monoisotopic (exact) mass is 390 g/mol. The van der Waals surface area contributed by atoms with Gasteiger partial charge < -0.3 is 10.0 Å². The van der Waals surface area contributed by atoms with Crippen molar-refractivity contribution in [3.05, 3.63) is 71.3 Å². The lowest BCUT2D eigenvalue weighted by molar-refractivity contribution is 0.0914. The molecule has 0 fully saturated rings. The topological polar surface area (TPSA) is 71.2 Å². The Kier molecular flexibility index (Phi) is 4.96. The van der Waals surface area contributed by atoms with Crippen molar-refractivity contribution in [2.45, 2.75) is 39.7 Å². The summed E-state index contributed by atoms with van der Waals surface area (Å²) in [6, 6.07) is 13.3. The molecule has 1 aliphatic heterocycles. The number of anilines is 1. The Balaban J connectivity index is 1.73. The van der Waals surface area contributed by atoms with Crippen LogP contribution in [-0.2, 0) is 0 Å². The Morgan fingerprint density at radius 3 is 2.69 bits per heavy atom. The van der Waals surface area contributed by atoms with Crippen LogP contribution in [-0.4, -0.2) is 32.3 Å². The predicted molar refractivity (Wildman–Crippen MR) is 112 cm³/mol. The van der Waals surface area contributed by atoms with E-state index in [1.165, 1.54) is 0 Å². The van der Waals surface area contributed by atoms with Crippen molar-refractivity contribution < 1.29 is 9.90 Å². The average molecular weight is 390 g/mol. The summed E-state index contributed by atoms with van der Waals surface area (Å²) in [6.45, 7) is 8.47. The van der Waals surface area contributed by atoms with E-state index in [9.17, 15) is 9.90 Å². The van der Waals surface area contributed by atoms with Crippen molar-refractivity contribution in [3.8, 4) is 5.69 Å². The summed E-state index contributed by atoms with van der Waals surface area (Å²) < 4.78 is 1.71. The number of aromatic nitrogens is 3. The lowest BCUT2D eigenvalue weighted by Gasteiger charge is -2.36. The summed E-state index contributed by atoms with van der Waals surface area (Å²) in [6.07, 6.45) is 1.12. The van der Waals surface area contributed by atoms with Crippen LogP contribution in [0.15, 0.2) is 48.8 Å². The fourth-order valence-corrected chi connectivity index (χ4v) is 3.76. The first-order valence-electron chi connectivity index (χ1n) is 9.98. The molecule has 2 atom stereocenters. The van der Waals surface area contributed by atoms with E-state index in [-0.39, 0.29) is 17.7 Å². The molecule has 6 nitrogen and oxygen atoms in total. The van der Waals surface area contributed by atoms with Crippen molar-refractivity contribution in [1.82, 2.24) is 14.8 Å². The van der Waals surface area contributed by atoms with Crippen molar-refractivity contribution in [3.63, 3.8) is 0 Å². The molecule has 4 rings (SSSR count). The first kappa shape index (κ1) is 19.3. The highest BCUT2D eigenvalue weighted by Gasteiger charge is 2.33. The van der Waals surface area contributed by atoms with E-state index in [1.54, 1.807) is 15.9 Å². The number of hydrogen-bond acceptors (Lipinski definition) is 4. The third-order valence-electron chi connectivity index (χ3n) is 5.54. The molecular weight excluding hydrogens is 364 g/mol. The summed E-state index contributed by atoms with van der Waals surface area (Å²) in [7, 11) is 0. The molecule has 29 heavy (non-hydrogen) atoms. The van der Waals surface area contributed by atoms with Crippen molar-refractivity contribution in [2.75, 3.05) is 11.4 Å². The van der Waals surface area contributed by atoms with Crippen LogP contribution in [0.4, 0.5) is 5.69 Å². The van der Waals surface area contributed by atoms with Gasteiger partial charge in [0.15, 0.2) is 5.82 Å². The minimum atomic E-state index is -0.563. The number of amides is 1. The van der Waals surface area contributed by atoms with E-state index in [0.717, 1.165) is 28.3 Å². The second-order valence-corrected chi connectivity index (χ2v) is 8.10. The minimum absolute atomic E-state index is 0.0405. The second-order valence-electron chi connectivity index (χ2n) is 8.10. The van der Waals surface area contributed by atoms with Crippen LogP contribution in [0.5, 0.6) is 0 Å². The van der Waals surface area contributed by atoms with Gasteiger partial charge in [0, 0.05) is 35.2 Å². The average Bonchev–Trinajstić information content (AvgIpc) is 3.21. The Morgan fingerprint density at radius 2 is 1.97 bits per heavy atom. The molecule has 0 spiro atoms. The maximum absolute atomic E-state index is 13.5. The van der Waals surface area contributed by atoms with Gasteiger partial charge in [-0.15, -0.1) is 0 Å². The number of benzene rings is 2. The molecule has 150 valence electrons. The number of aliphatic hydroxyl groups excluding tert-OH is 1. The van der Waals surface area contributed by atoms with Crippen LogP contribution in [0.25, 0.3) is 5.69 Å². The molecule has 1 amide bonds. The number of carbonyl (C=O) groups excluding carboxylic acids is 1. The molecule has 3 aromatic rings. The summed E-state index contributed by atoms with van der Waals surface area (Å²) in [5, 5.41) is 15.1.